The number of amides is 3. The van der Waals surface area contributed by atoms with E-state index in [1.807, 2.05) is 30.3 Å². The van der Waals surface area contributed by atoms with Crippen molar-refractivity contribution in [2.45, 2.75) is 44.8 Å². The SMILES string of the molecule is NC(=O)[C@@H](CC(=O)O)NC(=O)CCCCCNC(=O)OCc1ccccc1. The number of carboxylic acid groups (broad SMARTS) is 1. The zero-order valence-corrected chi connectivity index (χ0v) is 15.0. The molecule has 9 nitrogen and oxygen atoms in total. The number of unbranched alkanes of at least 4 members (excludes halogenated alkanes) is 2. The second-order valence-corrected chi connectivity index (χ2v) is 5.92. The molecule has 0 aromatic heterocycles. The first kappa shape index (κ1) is 21.9. The molecule has 5 N–H and O–H groups in total. The van der Waals surface area contributed by atoms with Crippen LogP contribution in [0, 0.1) is 0 Å². The largest absolute Gasteiger partial charge is 0.481 e. The smallest absolute Gasteiger partial charge is 0.407 e. The predicted octanol–water partition coefficient (Wildman–Crippen LogP) is 0.918. The summed E-state index contributed by atoms with van der Waals surface area (Å²) in [5.41, 5.74) is 5.95. The minimum atomic E-state index is -1.22. The van der Waals surface area contributed by atoms with Gasteiger partial charge in [-0.25, -0.2) is 4.79 Å². The fourth-order valence-electron chi connectivity index (χ4n) is 2.22. The van der Waals surface area contributed by atoms with Gasteiger partial charge in [0.25, 0.3) is 0 Å². The van der Waals surface area contributed by atoms with Gasteiger partial charge in [0, 0.05) is 13.0 Å². The Balaban J connectivity index is 2.08. The van der Waals surface area contributed by atoms with Gasteiger partial charge in [0.15, 0.2) is 0 Å². The monoisotopic (exact) mass is 379 g/mol. The lowest BCUT2D eigenvalue weighted by Gasteiger charge is -2.13. The van der Waals surface area contributed by atoms with E-state index in [0.29, 0.717) is 25.8 Å². The third-order valence-electron chi connectivity index (χ3n) is 3.62. The molecule has 0 unspecified atom stereocenters. The van der Waals surface area contributed by atoms with Gasteiger partial charge in [0.1, 0.15) is 12.6 Å². The fraction of sp³-hybridized carbons (Fsp3) is 0.444. The zero-order valence-electron chi connectivity index (χ0n) is 15.0. The topological polar surface area (TPSA) is 148 Å². The Morgan fingerprint density at radius 3 is 2.41 bits per heavy atom. The highest BCUT2D eigenvalue weighted by molar-refractivity contribution is 5.89. The van der Waals surface area contributed by atoms with Gasteiger partial charge in [0.05, 0.1) is 6.42 Å². The van der Waals surface area contributed by atoms with E-state index >= 15 is 0 Å². The quantitative estimate of drug-likeness (QED) is 0.397. The molecule has 0 radical (unpaired) electrons. The number of primary amides is 1. The average molecular weight is 379 g/mol. The van der Waals surface area contributed by atoms with Crippen LogP contribution in [0.5, 0.6) is 0 Å². The summed E-state index contributed by atoms with van der Waals surface area (Å²) in [6.07, 6.45) is 0.951. The lowest BCUT2D eigenvalue weighted by molar-refractivity contribution is -0.140. The first-order chi connectivity index (χ1) is 12.9. The Labute approximate surface area is 157 Å². The van der Waals surface area contributed by atoms with Crippen LogP contribution in [-0.2, 0) is 25.7 Å². The highest BCUT2D eigenvalue weighted by Crippen LogP contribution is 2.02. The second kappa shape index (κ2) is 12.3. The Hall–Kier alpha value is -3.10. The maximum absolute atomic E-state index is 11.7. The highest BCUT2D eigenvalue weighted by Gasteiger charge is 2.20. The van der Waals surface area contributed by atoms with Crippen molar-refractivity contribution in [2.24, 2.45) is 5.73 Å². The molecule has 0 aliphatic carbocycles. The number of carbonyl (C=O) groups excluding carboxylic acids is 3. The van der Waals surface area contributed by atoms with Crippen LogP contribution in [0.4, 0.5) is 4.79 Å². The molecular weight excluding hydrogens is 354 g/mol. The molecule has 1 atom stereocenters. The van der Waals surface area contributed by atoms with Crippen LogP contribution in [0.1, 0.15) is 37.7 Å². The Morgan fingerprint density at radius 2 is 1.78 bits per heavy atom. The number of hydrogen-bond acceptors (Lipinski definition) is 5. The average Bonchev–Trinajstić information content (AvgIpc) is 2.62. The first-order valence-corrected chi connectivity index (χ1v) is 8.63. The summed E-state index contributed by atoms with van der Waals surface area (Å²) in [6.45, 7) is 0.613. The molecular formula is C18H25N3O6. The summed E-state index contributed by atoms with van der Waals surface area (Å²) < 4.78 is 5.06. The van der Waals surface area contributed by atoms with Crippen molar-refractivity contribution >= 4 is 23.9 Å². The van der Waals surface area contributed by atoms with Crippen molar-refractivity contribution in [2.75, 3.05) is 6.54 Å². The molecule has 0 saturated heterocycles. The van der Waals surface area contributed by atoms with E-state index in [1.165, 1.54) is 0 Å². The van der Waals surface area contributed by atoms with Crippen LogP contribution in [0.25, 0.3) is 0 Å². The summed E-state index contributed by atoms with van der Waals surface area (Å²) in [5, 5.41) is 13.6. The zero-order chi connectivity index (χ0) is 20.1. The van der Waals surface area contributed by atoms with Crippen molar-refractivity contribution in [1.82, 2.24) is 10.6 Å². The molecule has 27 heavy (non-hydrogen) atoms. The van der Waals surface area contributed by atoms with Crippen LogP contribution in [0.3, 0.4) is 0 Å². The van der Waals surface area contributed by atoms with Crippen molar-refractivity contribution in [1.29, 1.82) is 0 Å². The molecule has 0 fully saturated rings. The van der Waals surface area contributed by atoms with E-state index < -0.39 is 36.3 Å². The Morgan fingerprint density at radius 1 is 1.07 bits per heavy atom. The van der Waals surface area contributed by atoms with Crippen LogP contribution in [0.15, 0.2) is 30.3 Å². The molecule has 1 aromatic carbocycles. The lowest BCUT2D eigenvalue weighted by Crippen LogP contribution is -2.45. The number of rotatable bonds is 12. The van der Waals surface area contributed by atoms with Gasteiger partial charge in [-0.3, -0.25) is 14.4 Å². The van der Waals surface area contributed by atoms with E-state index in [2.05, 4.69) is 10.6 Å². The first-order valence-electron chi connectivity index (χ1n) is 8.63. The summed E-state index contributed by atoms with van der Waals surface area (Å²) in [5.74, 6) is -2.54. The van der Waals surface area contributed by atoms with Gasteiger partial charge in [-0.1, -0.05) is 36.8 Å². The van der Waals surface area contributed by atoms with Crippen molar-refractivity contribution in [3.05, 3.63) is 35.9 Å². The van der Waals surface area contributed by atoms with Gasteiger partial charge < -0.3 is 26.2 Å². The molecule has 148 valence electrons. The molecule has 9 heteroatoms. The van der Waals surface area contributed by atoms with Gasteiger partial charge >= 0.3 is 12.1 Å². The van der Waals surface area contributed by atoms with Crippen LogP contribution >= 0.6 is 0 Å². The van der Waals surface area contributed by atoms with Crippen molar-refractivity contribution < 1.29 is 29.0 Å². The maximum Gasteiger partial charge on any atom is 0.407 e. The van der Waals surface area contributed by atoms with Gasteiger partial charge in [0.2, 0.25) is 11.8 Å². The van der Waals surface area contributed by atoms with E-state index in [4.69, 9.17) is 15.6 Å². The van der Waals surface area contributed by atoms with Crippen LogP contribution < -0.4 is 16.4 Å². The Kier molecular flexibility index (Phi) is 9.98. The van der Waals surface area contributed by atoms with E-state index in [0.717, 1.165) is 5.56 Å². The number of hydrogen-bond donors (Lipinski definition) is 4. The molecule has 0 aliphatic rings. The summed E-state index contributed by atoms with van der Waals surface area (Å²) in [7, 11) is 0. The molecule has 0 heterocycles. The molecule has 1 rings (SSSR count). The van der Waals surface area contributed by atoms with Gasteiger partial charge in [-0.15, -0.1) is 0 Å². The molecule has 1 aromatic rings. The third kappa shape index (κ3) is 10.5. The minimum Gasteiger partial charge on any atom is -0.481 e. The number of aliphatic carboxylic acids is 1. The molecule has 0 spiro atoms. The normalized spacial score (nSPS) is 11.3. The van der Waals surface area contributed by atoms with Gasteiger partial charge in [-0.05, 0) is 18.4 Å². The number of ether oxygens (including phenoxy) is 1. The third-order valence-corrected chi connectivity index (χ3v) is 3.62. The molecule has 3 amide bonds. The number of nitrogens with two attached hydrogens (primary N) is 1. The minimum absolute atomic E-state index is 0.141. The number of nitrogens with one attached hydrogen (secondary N) is 2. The van der Waals surface area contributed by atoms with Gasteiger partial charge in [-0.2, -0.15) is 0 Å². The summed E-state index contributed by atoms with van der Waals surface area (Å²) in [6, 6.07) is 8.11. The molecule has 0 bridgehead atoms. The maximum atomic E-state index is 11.7. The summed E-state index contributed by atoms with van der Waals surface area (Å²) in [4.78, 5) is 44.9. The fourth-order valence-corrected chi connectivity index (χ4v) is 2.22. The van der Waals surface area contributed by atoms with E-state index in [-0.39, 0.29) is 13.0 Å². The summed E-state index contributed by atoms with van der Waals surface area (Å²) >= 11 is 0. The van der Waals surface area contributed by atoms with Crippen LogP contribution in [-0.4, -0.2) is 41.6 Å². The van der Waals surface area contributed by atoms with E-state index in [9.17, 15) is 19.2 Å². The Bertz CT molecular complexity index is 635. The lowest BCUT2D eigenvalue weighted by atomic mass is 10.1. The molecule has 0 aliphatic heterocycles. The highest BCUT2D eigenvalue weighted by atomic mass is 16.5. The van der Waals surface area contributed by atoms with Crippen molar-refractivity contribution in [3.63, 3.8) is 0 Å². The predicted molar refractivity (Wildman–Crippen MR) is 96.5 cm³/mol. The second-order valence-electron chi connectivity index (χ2n) is 5.92. The van der Waals surface area contributed by atoms with Crippen LogP contribution in [0.2, 0.25) is 0 Å². The molecule has 0 saturated carbocycles. The number of carbonyl (C=O) groups is 4. The standard InChI is InChI=1S/C18H25N3O6/c19-17(25)14(11-16(23)24)21-15(22)9-5-2-6-10-20-18(26)27-12-13-7-3-1-4-8-13/h1,3-4,7-8,14H,2,5-6,9-12H2,(H2,19,25)(H,20,26)(H,21,22)(H,23,24)/t14-/m1/s1. The number of benzene rings is 1. The van der Waals surface area contributed by atoms with E-state index in [1.54, 1.807) is 0 Å². The number of carboxylic acids is 1. The number of alkyl carbamates (subject to hydrolysis) is 1. The van der Waals surface area contributed by atoms with Crippen molar-refractivity contribution in [3.8, 4) is 0 Å².